The first-order chi connectivity index (χ1) is 9.03. The Balaban J connectivity index is 2.83. The molecule has 1 amide bonds. The summed E-state index contributed by atoms with van der Waals surface area (Å²) in [4.78, 5) is 22.6. The average Bonchev–Trinajstić information content (AvgIpc) is 2.40. The topological polar surface area (TPSA) is 87.4 Å². The summed E-state index contributed by atoms with van der Waals surface area (Å²) in [5, 5.41) is 0. The van der Waals surface area contributed by atoms with Gasteiger partial charge in [-0.1, -0.05) is 0 Å². The van der Waals surface area contributed by atoms with Gasteiger partial charge in [-0.2, -0.15) is 4.98 Å². The van der Waals surface area contributed by atoms with Crippen molar-refractivity contribution in [2.24, 2.45) is 5.84 Å². The normalized spacial score (nSPS) is 10.2. The summed E-state index contributed by atoms with van der Waals surface area (Å²) in [5.74, 6) is 4.60. The number of likely N-dealkylation sites (N-methyl/N-ethyl adjacent to an activating group) is 2. The zero-order valence-electron chi connectivity index (χ0n) is 11.4. The lowest BCUT2D eigenvalue weighted by Crippen LogP contribution is -2.39. The number of rotatable bonds is 6. The summed E-state index contributed by atoms with van der Waals surface area (Å²) in [5.41, 5.74) is 2.24. The van der Waals surface area contributed by atoms with Crippen LogP contribution >= 0.6 is 0 Å². The Morgan fingerprint density at radius 1 is 1.47 bits per heavy atom. The van der Waals surface area contributed by atoms with Crippen molar-refractivity contribution in [3.8, 4) is 0 Å². The van der Waals surface area contributed by atoms with Crippen molar-refractivity contribution in [2.75, 3.05) is 37.0 Å². The maximum absolute atomic E-state index is 13.6. The Labute approximate surface area is 111 Å². The van der Waals surface area contributed by atoms with Gasteiger partial charge in [-0.25, -0.2) is 15.2 Å². The molecule has 1 rings (SSSR count). The number of amides is 1. The summed E-state index contributed by atoms with van der Waals surface area (Å²) in [6, 6.07) is 0. The lowest BCUT2D eigenvalue weighted by molar-refractivity contribution is -0.129. The van der Waals surface area contributed by atoms with Gasteiger partial charge in [0.15, 0.2) is 11.6 Å². The van der Waals surface area contributed by atoms with E-state index >= 15 is 0 Å². The largest absolute Gasteiger partial charge is 0.348 e. The lowest BCUT2D eigenvalue weighted by Gasteiger charge is -2.24. The molecule has 0 saturated heterocycles. The molecule has 19 heavy (non-hydrogen) atoms. The molecule has 0 bridgehead atoms. The molecule has 8 heteroatoms. The molecule has 0 spiro atoms. The number of halogens is 1. The van der Waals surface area contributed by atoms with Gasteiger partial charge in [0.25, 0.3) is 0 Å². The minimum Gasteiger partial charge on any atom is -0.348 e. The summed E-state index contributed by atoms with van der Waals surface area (Å²) < 4.78 is 13.6. The number of carbonyl (C=O) groups excluding carboxylic acids is 1. The predicted molar refractivity (Wildman–Crippen MR) is 71.0 cm³/mol. The number of nitrogen functional groups attached to an aromatic ring is 1. The van der Waals surface area contributed by atoms with E-state index in [9.17, 15) is 9.18 Å². The third-order valence-electron chi connectivity index (χ3n) is 2.70. The molecule has 0 aliphatic heterocycles. The molecule has 1 heterocycles. The average molecular weight is 270 g/mol. The first kappa shape index (κ1) is 15.1. The van der Waals surface area contributed by atoms with Crippen molar-refractivity contribution in [1.82, 2.24) is 14.9 Å². The van der Waals surface area contributed by atoms with Crippen molar-refractivity contribution in [2.45, 2.75) is 13.8 Å². The third-order valence-corrected chi connectivity index (χ3v) is 2.70. The van der Waals surface area contributed by atoms with Gasteiger partial charge in [-0.3, -0.25) is 10.2 Å². The van der Waals surface area contributed by atoms with Crippen molar-refractivity contribution in [3.05, 3.63) is 12.0 Å². The number of nitrogens with one attached hydrogen (secondary N) is 1. The van der Waals surface area contributed by atoms with Gasteiger partial charge in [-0.05, 0) is 13.8 Å². The summed E-state index contributed by atoms with van der Waals surface area (Å²) >= 11 is 0. The quantitative estimate of drug-likeness (QED) is 0.567. The number of carbonyl (C=O) groups is 1. The molecule has 0 aromatic carbocycles. The molecule has 0 aliphatic rings. The molecule has 0 fully saturated rings. The van der Waals surface area contributed by atoms with Gasteiger partial charge in [0, 0.05) is 20.1 Å². The van der Waals surface area contributed by atoms with E-state index in [0.717, 1.165) is 6.20 Å². The molecule has 3 N–H and O–H groups in total. The summed E-state index contributed by atoms with van der Waals surface area (Å²) in [6.45, 7) is 5.06. The Morgan fingerprint density at radius 3 is 2.63 bits per heavy atom. The first-order valence-corrected chi connectivity index (χ1v) is 6.01. The van der Waals surface area contributed by atoms with Crippen molar-refractivity contribution in [1.29, 1.82) is 0 Å². The Kier molecular flexibility index (Phi) is 5.43. The highest BCUT2D eigenvalue weighted by molar-refractivity contribution is 5.81. The fourth-order valence-corrected chi connectivity index (χ4v) is 1.65. The molecule has 1 aromatic rings. The van der Waals surface area contributed by atoms with Crippen molar-refractivity contribution < 1.29 is 9.18 Å². The van der Waals surface area contributed by atoms with E-state index < -0.39 is 5.82 Å². The number of aromatic nitrogens is 2. The highest BCUT2D eigenvalue weighted by atomic mass is 19.1. The van der Waals surface area contributed by atoms with E-state index in [-0.39, 0.29) is 24.2 Å². The molecule has 1 aromatic heterocycles. The molecule has 0 radical (unpaired) electrons. The van der Waals surface area contributed by atoms with Crippen LogP contribution in [0.5, 0.6) is 0 Å². The maximum atomic E-state index is 13.6. The van der Waals surface area contributed by atoms with Crippen molar-refractivity contribution in [3.63, 3.8) is 0 Å². The molecule has 0 aliphatic carbocycles. The van der Waals surface area contributed by atoms with Gasteiger partial charge in [0.1, 0.15) is 0 Å². The van der Waals surface area contributed by atoms with E-state index in [1.807, 2.05) is 13.8 Å². The van der Waals surface area contributed by atoms with Crippen LogP contribution in [-0.4, -0.2) is 47.5 Å². The number of nitrogens with two attached hydrogens (primary N) is 1. The van der Waals surface area contributed by atoms with E-state index in [0.29, 0.717) is 13.1 Å². The number of anilines is 2. The molecule has 0 saturated carbocycles. The highest BCUT2D eigenvalue weighted by Crippen LogP contribution is 2.15. The standard InChI is InChI=1S/C11H19FN6O/c1-4-18(5-2)9(19)7-17(3)10-8(12)6-14-11(15-10)16-13/h6H,4-5,7,13H2,1-3H3,(H,14,15,16). The molecule has 0 atom stereocenters. The minimum atomic E-state index is -0.603. The summed E-state index contributed by atoms with van der Waals surface area (Å²) in [6.07, 6.45) is 1.01. The van der Waals surface area contributed by atoms with E-state index in [2.05, 4.69) is 15.4 Å². The lowest BCUT2D eigenvalue weighted by atomic mass is 10.4. The first-order valence-electron chi connectivity index (χ1n) is 6.01. The zero-order chi connectivity index (χ0) is 14.4. The number of hydrogen-bond donors (Lipinski definition) is 2. The van der Waals surface area contributed by atoms with Gasteiger partial charge in [-0.15, -0.1) is 0 Å². The van der Waals surface area contributed by atoms with Crippen LogP contribution in [0.15, 0.2) is 6.20 Å². The fraction of sp³-hybridized carbons (Fsp3) is 0.545. The zero-order valence-corrected chi connectivity index (χ0v) is 11.4. The molecular formula is C11H19FN6O. The van der Waals surface area contributed by atoms with Crippen LogP contribution in [0.2, 0.25) is 0 Å². The predicted octanol–water partition coefficient (Wildman–Crippen LogP) is 0.206. The maximum Gasteiger partial charge on any atom is 0.242 e. The van der Waals surface area contributed by atoms with Gasteiger partial charge < -0.3 is 9.80 Å². The van der Waals surface area contributed by atoms with Crippen LogP contribution in [0.1, 0.15) is 13.8 Å². The third kappa shape index (κ3) is 3.75. The van der Waals surface area contributed by atoms with Crippen molar-refractivity contribution >= 4 is 17.7 Å². The molecule has 106 valence electrons. The number of hydrogen-bond acceptors (Lipinski definition) is 6. The fourth-order valence-electron chi connectivity index (χ4n) is 1.65. The van der Waals surface area contributed by atoms with E-state index in [1.165, 1.54) is 4.90 Å². The highest BCUT2D eigenvalue weighted by Gasteiger charge is 2.17. The Morgan fingerprint density at radius 2 is 2.11 bits per heavy atom. The van der Waals surface area contributed by atoms with Crippen LogP contribution in [0, 0.1) is 5.82 Å². The van der Waals surface area contributed by atoms with Gasteiger partial charge >= 0.3 is 0 Å². The Hall–Kier alpha value is -1.96. The smallest absolute Gasteiger partial charge is 0.242 e. The van der Waals surface area contributed by atoms with Crippen LogP contribution < -0.4 is 16.2 Å². The number of nitrogens with zero attached hydrogens (tertiary/aromatic N) is 4. The molecule has 0 unspecified atom stereocenters. The molecular weight excluding hydrogens is 251 g/mol. The second-order valence-electron chi connectivity index (χ2n) is 3.93. The number of hydrazine groups is 1. The van der Waals surface area contributed by atoms with E-state index in [4.69, 9.17) is 5.84 Å². The van der Waals surface area contributed by atoms with Gasteiger partial charge in [0.05, 0.1) is 12.7 Å². The van der Waals surface area contributed by atoms with E-state index in [1.54, 1.807) is 11.9 Å². The second-order valence-corrected chi connectivity index (χ2v) is 3.93. The second kappa shape index (κ2) is 6.83. The monoisotopic (exact) mass is 270 g/mol. The minimum absolute atomic E-state index is 0.0310. The SMILES string of the molecule is CCN(CC)C(=O)CN(C)c1nc(NN)ncc1F. The van der Waals surface area contributed by atoms with Crippen LogP contribution in [-0.2, 0) is 4.79 Å². The molecule has 7 nitrogen and oxygen atoms in total. The Bertz CT molecular complexity index is 437. The van der Waals surface area contributed by atoms with Crippen LogP contribution in [0.3, 0.4) is 0 Å². The summed E-state index contributed by atoms with van der Waals surface area (Å²) in [7, 11) is 1.59. The van der Waals surface area contributed by atoms with Crippen LogP contribution in [0.4, 0.5) is 16.2 Å². The van der Waals surface area contributed by atoms with Gasteiger partial charge in [0.2, 0.25) is 11.9 Å². The van der Waals surface area contributed by atoms with Crippen LogP contribution in [0.25, 0.3) is 0 Å².